The lowest BCUT2D eigenvalue weighted by atomic mass is 10.1. The predicted molar refractivity (Wildman–Crippen MR) is 85.9 cm³/mol. The van der Waals surface area contributed by atoms with E-state index < -0.39 is 0 Å². The Morgan fingerprint density at radius 3 is 2.86 bits per heavy atom. The first kappa shape index (κ1) is 15.9. The Balaban J connectivity index is 1.90. The maximum absolute atomic E-state index is 6.16. The van der Waals surface area contributed by atoms with E-state index >= 15 is 0 Å². The van der Waals surface area contributed by atoms with E-state index in [1.807, 2.05) is 55.1 Å². The molecule has 1 heterocycles. The van der Waals surface area contributed by atoms with Crippen molar-refractivity contribution < 1.29 is 4.74 Å². The van der Waals surface area contributed by atoms with Crippen molar-refractivity contribution in [3.63, 3.8) is 0 Å². The zero-order valence-electron chi connectivity index (χ0n) is 12.8. The van der Waals surface area contributed by atoms with E-state index in [9.17, 15) is 0 Å². The highest BCUT2D eigenvalue weighted by atomic mass is 35.5. The maximum atomic E-state index is 6.16. The third kappa shape index (κ3) is 4.76. The van der Waals surface area contributed by atoms with Crippen LogP contribution in [0.5, 0.6) is 5.75 Å². The van der Waals surface area contributed by atoms with Gasteiger partial charge in [-0.2, -0.15) is 0 Å². The van der Waals surface area contributed by atoms with Gasteiger partial charge in [-0.25, -0.2) is 4.98 Å². The van der Waals surface area contributed by atoms with Crippen LogP contribution in [0, 0.1) is 0 Å². The van der Waals surface area contributed by atoms with Crippen LogP contribution in [0.25, 0.3) is 0 Å². The number of aryl methyl sites for hydroxylation is 1. The van der Waals surface area contributed by atoms with Gasteiger partial charge in [0.25, 0.3) is 0 Å². The van der Waals surface area contributed by atoms with Gasteiger partial charge in [0, 0.05) is 32.3 Å². The van der Waals surface area contributed by atoms with E-state index in [0.717, 1.165) is 24.4 Å². The van der Waals surface area contributed by atoms with Crippen LogP contribution in [0.15, 0.2) is 36.7 Å². The number of hydrogen-bond acceptors (Lipinski definition) is 3. The molecule has 0 bridgehead atoms. The van der Waals surface area contributed by atoms with Crippen molar-refractivity contribution in [3.05, 3.63) is 48.0 Å². The third-order valence-electron chi connectivity index (χ3n) is 3.37. The molecule has 4 nitrogen and oxygen atoms in total. The van der Waals surface area contributed by atoms with Crippen molar-refractivity contribution in [2.24, 2.45) is 7.05 Å². The summed E-state index contributed by atoms with van der Waals surface area (Å²) in [6.45, 7) is 0.609. The molecule has 0 spiro atoms. The summed E-state index contributed by atoms with van der Waals surface area (Å²) in [5.74, 6) is 1.92. The van der Waals surface area contributed by atoms with Gasteiger partial charge >= 0.3 is 0 Å². The van der Waals surface area contributed by atoms with E-state index in [0.29, 0.717) is 6.61 Å². The smallest absolute Gasteiger partial charge is 0.119 e. The number of halogens is 1. The molecule has 114 valence electrons. The Morgan fingerprint density at radius 2 is 2.19 bits per heavy atom. The van der Waals surface area contributed by atoms with Crippen LogP contribution in [0.2, 0.25) is 0 Å². The van der Waals surface area contributed by atoms with Crippen molar-refractivity contribution in [2.45, 2.75) is 18.3 Å². The number of benzene rings is 1. The molecule has 0 amide bonds. The molecule has 0 N–H and O–H groups in total. The Kier molecular flexibility index (Phi) is 5.65. The molecular formula is C16H22ClN3O. The largest absolute Gasteiger partial charge is 0.493 e. The monoisotopic (exact) mass is 307 g/mol. The molecule has 1 aromatic heterocycles. The Morgan fingerprint density at radius 1 is 1.38 bits per heavy atom. The molecule has 0 aliphatic heterocycles. The number of imidazole rings is 1. The lowest BCUT2D eigenvalue weighted by molar-refractivity contribution is 0.265. The zero-order chi connectivity index (χ0) is 15.2. The Hall–Kier alpha value is -1.52. The van der Waals surface area contributed by atoms with Crippen LogP contribution in [-0.2, 0) is 13.5 Å². The highest BCUT2D eigenvalue weighted by molar-refractivity contribution is 6.20. The molecule has 1 unspecified atom stereocenters. The van der Waals surface area contributed by atoms with Gasteiger partial charge in [-0.05, 0) is 31.8 Å². The quantitative estimate of drug-likeness (QED) is 0.582. The molecule has 0 fully saturated rings. The summed E-state index contributed by atoms with van der Waals surface area (Å²) in [7, 11) is 5.93. The molecule has 0 saturated carbocycles. The van der Waals surface area contributed by atoms with Crippen molar-refractivity contribution >= 4 is 11.6 Å². The summed E-state index contributed by atoms with van der Waals surface area (Å²) < 4.78 is 7.81. The number of nitrogens with zero attached hydrogens (tertiary/aromatic N) is 3. The van der Waals surface area contributed by atoms with Crippen molar-refractivity contribution in [1.82, 2.24) is 14.5 Å². The summed E-state index contributed by atoms with van der Waals surface area (Å²) in [6, 6.07) is 8.14. The fourth-order valence-corrected chi connectivity index (χ4v) is 2.12. The van der Waals surface area contributed by atoms with Gasteiger partial charge in [-0.3, -0.25) is 4.90 Å². The van der Waals surface area contributed by atoms with Gasteiger partial charge in [0.2, 0.25) is 0 Å². The van der Waals surface area contributed by atoms with Crippen LogP contribution in [0.3, 0.4) is 0 Å². The molecule has 0 aliphatic rings. The summed E-state index contributed by atoms with van der Waals surface area (Å²) in [5, 5.41) is 0. The topological polar surface area (TPSA) is 30.3 Å². The average Bonchev–Trinajstić information content (AvgIpc) is 2.84. The van der Waals surface area contributed by atoms with Crippen molar-refractivity contribution in [3.8, 4) is 5.75 Å². The van der Waals surface area contributed by atoms with Crippen LogP contribution in [0.1, 0.15) is 17.8 Å². The van der Waals surface area contributed by atoms with Gasteiger partial charge in [0.1, 0.15) is 11.6 Å². The standard InChI is InChI=1S/C16H22ClN3O/c1-19(2)15(17)7-10-21-14-6-4-5-13(11-14)12-16-18-8-9-20(16)3/h4-6,8-9,11,15H,7,10,12H2,1-3H3. The third-order valence-corrected chi connectivity index (χ3v) is 3.98. The second-order valence-electron chi connectivity index (χ2n) is 5.31. The summed E-state index contributed by atoms with van der Waals surface area (Å²) >= 11 is 6.16. The van der Waals surface area contributed by atoms with Gasteiger partial charge in [-0.1, -0.05) is 12.1 Å². The minimum atomic E-state index is 0.000695. The highest BCUT2D eigenvalue weighted by Crippen LogP contribution is 2.17. The SMILES string of the molecule is CN(C)C(Cl)CCOc1cccc(Cc2nccn2C)c1. The molecule has 2 aromatic rings. The first-order valence-corrected chi connectivity index (χ1v) is 7.48. The van der Waals surface area contributed by atoms with Crippen molar-refractivity contribution in [2.75, 3.05) is 20.7 Å². The number of rotatable bonds is 7. The molecule has 5 heteroatoms. The second kappa shape index (κ2) is 7.48. The highest BCUT2D eigenvalue weighted by Gasteiger charge is 2.07. The number of alkyl halides is 1. The summed E-state index contributed by atoms with van der Waals surface area (Å²) in [6.07, 6.45) is 5.36. The molecule has 1 aromatic carbocycles. The molecule has 21 heavy (non-hydrogen) atoms. The van der Waals surface area contributed by atoms with Gasteiger partial charge < -0.3 is 9.30 Å². The zero-order valence-corrected chi connectivity index (χ0v) is 13.5. The van der Waals surface area contributed by atoms with Gasteiger partial charge in [0.05, 0.1) is 12.1 Å². The molecule has 0 radical (unpaired) electrons. The minimum absolute atomic E-state index is 0.000695. The maximum Gasteiger partial charge on any atom is 0.119 e. The minimum Gasteiger partial charge on any atom is -0.493 e. The lowest BCUT2D eigenvalue weighted by Gasteiger charge is -2.17. The van der Waals surface area contributed by atoms with E-state index in [4.69, 9.17) is 16.3 Å². The first-order valence-electron chi connectivity index (χ1n) is 7.04. The van der Waals surface area contributed by atoms with E-state index in [-0.39, 0.29) is 5.50 Å². The van der Waals surface area contributed by atoms with Crippen LogP contribution in [0.4, 0.5) is 0 Å². The number of aromatic nitrogens is 2. The fraction of sp³-hybridized carbons (Fsp3) is 0.438. The summed E-state index contributed by atoms with van der Waals surface area (Å²) in [4.78, 5) is 6.32. The molecule has 0 saturated heterocycles. The van der Waals surface area contributed by atoms with E-state index in [1.165, 1.54) is 5.56 Å². The van der Waals surface area contributed by atoms with E-state index in [2.05, 4.69) is 17.1 Å². The lowest BCUT2D eigenvalue weighted by Crippen LogP contribution is -2.24. The van der Waals surface area contributed by atoms with Gasteiger partial charge in [0.15, 0.2) is 0 Å². The Labute approximate surface area is 131 Å². The molecule has 2 rings (SSSR count). The molecular weight excluding hydrogens is 286 g/mol. The molecule has 0 aliphatic carbocycles. The summed E-state index contributed by atoms with van der Waals surface area (Å²) in [5.41, 5.74) is 1.19. The predicted octanol–water partition coefficient (Wildman–Crippen LogP) is 2.91. The van der Waals surface area contributed by atoms with Crippen molar-refractivity contribution in [1.29, 1.82) is 0 Å². The van der Waals surface area contributed by atoms with E-state index in [1.54, 1.807) is 0 Å². The molecule has 1 atom stereocenters. The Bertz CT molecular complexity index is 568. The van der Waals surface area contributed by atoms with Crippen LogP contribution < -0.4 is 4.74 Å². The van der Waals surface area contributed by atoms with Crippen LogP contribution >= 0.6 is 11.6 Å². The normalized spacial score (nSPS) is 12.6. The second-order valence-corrected chi connectivity index (χ2v) is 5.82. The van der Waals surface area contributed by atoms with Gasteiger partial charge in [-0.15, -0.1) is 11.6 Å². The number of ether oxygens (including phenoxy) is 1. The first-order chi connectivity index (χ1) is 10.1. The average molecular weight is 308 g/mol. The number of hydrogen-bond donors (Lipinski definition) is 0. The van der Waals surface area contributed by atoms with Crippen LogP contribution in [-0.4, -0.2) is 40.7 Å². The fourth-order valence-electron chi connectivity index (χ4n) is 2.03.